The van der Waals surface area contributed by atoms with E-state index in [0.717, 1.165) is 6.42 Å². The normalized spacial score (nSPS) is 9.90. The standard InChI is InChI=1S/C14H21N3O3/c1-3-7-15-13(18)11-5-4-6-12(10-11)17-14(19)16-8-9-20-2/h4-6,10H,3,7-9H2,1-2H3,(H,15,18)(H2,16,17,19). The number of carbonyl (C=O) groups excluding carboxylic acids is 2. The summed E-state index contributed by atoms with van der Waals surface area (Å²) < 4.78 is 4.84. The third kappa shape index (κ3) is 5.71. The molecule has 3 amide bonds. The Bertz CT molecular complexity index is 449. The number of anilines is 1. The van der Waals surface area contributed by atoms with Gasteiger partial charge < -0.3 is 20.7 Å². The molecule has 0 aliphatic carbocycles. The number of methoxy groups -OCH3 is 1. The fourth-order valence-electron chi connectivity index (χ4n) is 1.52. The number of amides is 3. The van der Waals surface area contributed by atoms with E-state index >= 15 is 0 Å². The molecule has 0 saturated heterocycles. The molecule has 3 N–H and O–H groups in total. The summed E-state index contributed by atoms with van der Waals surface area (Å²) in [6.45, 7) is 3.50. The van der Waals surface area contributed by atoms with Crippen LogP contribution >= 0.6 is 0 Å². The molecule has 1 aromatic carbocycles. The van der Waals surface area contributed by atoms with Gasteiger partial charge in [0.25, 0.3) is 5.91 Å². The maximum atomic E-state index is 11.8. The van der Waals surface area contributed by atoms with Crippen molar-refractivity contribution >= 4 is 17.6 Å². The average Bonchev–Trinajstić information content (AvgIpc) is 2.45. The molecular formula is C14H21N3O3. The second kappa shape index (κ2) is 8.92. The predicted octanol–water partition coefficient (Wildman–Crippen LogP) is 1.59. The van der Waals surface area contributed by atoms with Crippen molar-refractivity contribution in [1.82, 2.24) is 10.6 Å². The molecule has 6 nitrogen and oxygen atoms in total. The van der Waals surface area contributed by atoms with Gasteiger partial charge >= 0.3 is 6.03 Å². The SMILES string of the molecule is CCCNC(=O)c1cccc(NC(=O)NCCOC)c1. The van der Waals surface area contributed by atoms with Crippen LogP contribution in [0.5, 0.6) is 0 Å². The number of nitrogens with one attached hydrogen (secondary N) is 3. The van der Waals surface area contributed by atoms with Crippen LogP contribution in [0.4, 0.5) is 10.5 Å². The molecule has 0 atom stereocenters. The molecule has 0 aromatic heterocycles. The lowest BCUT2D eigenvalue weighted by Gasteiger charge is -2.09. The van der Waals surface area contributed by atoms with Crippen molar-refractivity contribution in [3.05, 3.63) is 29.8 Å². The van der Waals surface area contributed by atoms with Gasteiger partial charge in [-0.2, -0.15) is 0 Å². The van der Waals surface area contributed by atoms with E-state index in [1.54, 1.807) is 31.4 Å². The summed E-state index contributed by atoms with van der Waals surface area (Å²) in [6, 6.07) is 6.48. The van der Waals surface area contributed by atoms with Gasteiger partial charge in [-0.05, 0) is 24.6 Å². The Morgan fingerprint density at radius 2 is 2.00 bits per heavy atom. The maximum Gasteiger partial charge on any atom is 0.319 e. The monoisotopic (exact) mass is 279 g/mol. The van der Waals surface area contributed by atoms with Crippen molar-refractivity contribution < 1.29 is 14.3 Å². The van der Waals surface area contributed by atoms with Crippen LogP contribution in [0.3, 0.4) is 0 Å². The second-order valence-corrected chi connectivity index (χ2v) is 4.21. The van der Waals surface area contributed by atoms with E-state index in [0.29, 0.717) is 30.9 Å². The summed E-state index contributed by atoms with van der Waals surface area (Å²) >= 11 is 0. The van der Waals surface area contributed by atoms with Crippen LogP contribution in [0.25, 0.3) is 0 Å². The van der Waals surface area contributed by atoms with E-state index in [1.165, 1.54) is 0 Å². The van der Waals surface area contributed by atoms with Crippen LogP contribution < -0.4 is 16.0 Å². The number of benzene rings is 1. The highest BCUT2D eigenvalue weighted by Crippen LogP contribution is 2.10. The van der Waals surface area contributed by atoms with E-state index in [9.17, 15) is 9.59 Å². The first-order valence-corrected chi connectivity index (χ1v) is 6.59. The highest BCUT2D eigenvalue weighted by atomic mass is 16.5. The van der Waals surface area contributed by atoms with Crippen LogP contribution in [0.2, 0.25) is 0 Å². The van der Waals surface area contributed by atoms with E-state index in [1.807, 2.05) is 6.92 Å². The van der Waals surface area contributed by atoms with Crippen LogP contribution in [-0.2, 0) is 4.74 Å². The lowest BCUT2D eigenvalue weighted by molar-refractivity contribution is 0.0953. The minimum atomic E-state index is -0.326. The Kier molecular flexibility index (Phi) is 7.13. The lowest BCUT2D eigenvalue weighted by Crippen LogP contribution is -2.31. The molecule has 0 spiro atoms. The zero-order chi connectivity index (χ0) is 14.8. The number of hydrogen-bond donors (Lipinski definition) is 3. The quantitative estimate of drug-likeness (QED) is 0.663. The van der Waals surface area contributed by atoms with Gasteiger partial charge in [0, 0.05) is 31.5 Å². The molecule has 0 bridgehead atoms. The fraction of sp³-hybridized carbons (Fsp3) is 0.429. The minimum absolute atomic E-state index is 0.143. The van der Waals surface area contributed by atoms with Crippen molar-refractivity contribution in [2.24, 2.45) is 0 Å². The molecule has 0 aliphatic rings. The number of carbonyl (C=O) groups is 2. The predicted molar refractivity (Wildman–Crippen MR) is 78.0 cm³/mol. The van der Waals surface area contributed by atoms with Crippen molar-refractivity contribution in [2.45, 2.75) is 13.3 Å². The molecule has 1 rings (SSSR count). The molecule has 0 radical (unpaired) electrons. The van der Waals surface area contributed by atoms with E-state index in [4.69, 9.17) is 4.74 Å². The van der Waals surface area contributed by atoms with Crippen LogP contribution in [0.1, 0.15) is 23.7 Å². The first-order chi connectivity index (χ1) is 9.67. The zero-order valence-electron chi connectivity index (χ0n) is 11.9. The van der Waals surface area contributed by atoms with Crippen molar-refractivity contribution in [3.63, 3.8) is 0 Å². The third-order valence-electron chi connectivity index (χ3n) is 2.51. The van der Waals surface area contributed by atoms with E-state index < -0.39 is 0 Å². The summed E-state index contributed by atoms with van der Waals surface area (Å²) in [6.07, 6.45) is 0.881. The van der Waals surface area contributed by atoms with Gasteiger partial charge in [0.1, 0.15) is 0 Å². The molecule has 0 unspecified atom stereocenters. The summed E-state index contributed by atoms with van der Waals surface area (Å²) in [4.78, 5) is 23.4. The van der Waals surface area contributed by atoms with Crippen LogP contribution in [0, 0.1) is 0 Å². The highest BCUT2D eigenvalue weighted by molar-refractivity contribution is 5.96. The molecule has 1 aromatic rings. The van der Waals surface area contributed by atoms with Crippen molar-refractivity contribution in [1.29, 1.82) is 0 Å². The summed E-state index contributed by atoms with van der Waals surface area (Å²) in [5.74, 6) is -0.143. The van der Waals surface area contributed by atoms with Gasteiger partial charge in [-0.25, -0.2) is 4.79 Å². The molecule has 110 valence electrons. The lowest BCUT2D eigenvalue weighted by atomic mass is 10.2. The van der Waals surface area contributed by atoms with Crippen molar-refractivity contribution in [2.75, 3.05) is 32.1 Å². The number of urea groups is 1. The van der Waals surface area contributed by atoms with Gasteiger partial charge in [0.05, 0.1) is 6.61 Å². The minimum Gasteiger partial charge on any atom is -0.383 e. The topological polar surface area (TPSA) is 79.5 Å². The van der Waals surface area contributed by atoms with E-state index in [-0.39, 0.29) is 11.9 Å². The summed E-state index contributed by atoms with van der Waals surface area (Å²) in [5, 5.41) is 8.09. The molecule has 0 saturated carbocycles. The number of hydrogen-bond acceptors (Lipinski definition) is 3. The van der Waals surface area contributed by atoms with Crippen molar-refractivity contribution in [3.8, 4) is 0 Å². The molecule has 20 heavy (non-hydrogen) atoms. The highest BCUT2D eigenvalue weighted by Gasteiger charge is 2.06. The second-order valence-electron chi connectivity index (χ2n) is 4.21. The van der Waals surface area contributed by atoms with Gasteiger partial charge in [-0.1, -0.05) is 13.0 Å². The first kappa shape index (κ1) is 16.0. The Morgan fingerprint density at radius 3 is 2.70 bits per heavy atom. The Labute approximate surface area is 118 Å². The number of ether oxygens (including phenoxy) is 1. The smallest absolute Gasteiger partial charge is 0.319 e. The zero-order valence-corrected chi connectivity index (χ0v) is 11.9. The third-order valence-corrected chi connectivity index (χ3v) is 2.51. The fourth-order valence-corrected chi connectivity index (χ4v) is 1.52. The molecule has 0 aliphatic heterocycles. The number of rotatable bonds is 7. The van der Waals surface area contributed by atoms with E-state index in [2.05, 4.69) is 16.0 Å². The Hall–Kier alpha value is -2.08. The molecular weight excluding hydrogens is 258 g/mol. The maximum absolute atomic E-state index is 11.8. The van der Waals surface area contributed by atoms with Gasteiger partial charge in [0.2, 0.25) is 0 Å². The van der Waals surface area contributed by atoms with Crippen LogP contribution in [-0.4, -0.2) is 38.7 Å². The molecule has 0 heterocycles. The van der Waals surface area contributed by atoms with Crippen LogP contribution in [0.15, 0.2) is 24.3 Å². The van der Waals surface area contributed by atoms with Gasteiger partial charge in [-0.15, -0.1) is 0 Å². The van der Waals surface area contributed by atoms with Gasteiger partial charge in [-0.3, -0.25) is 4.79 Å². The van der Waals surface area contributed by atoms with Gasteiger partial charge in [0.15, 0.2) is 0 Å². The largest absolute Gasteiger partial charge is 0.383 e. The summed E-state index contributed by atoms with van der Waals surface area (Å²) in [5.41, 5.74) is 1.09. The molecule has 6 heteroatoms. The molecule has 0 fully saturated rings. The Morgan fingerprint density at radius 1 is 1.20 bits per heavy atom. The average molecular weight is 279 g/mol. The summed E-state index contributed by atoms with van der Waals surface area (Å²) in [7, 11) is 1.57. The Balaban J connectivity index is 2.54. The first-order valence-electron chi connectivity index (χ1n) is 6.59.